The van der Waals surface area contributed by atoms with Crippen LogP contribution in [-0.4, -0.2) is 42.5 Å². The molecule has 1 aromatic heterocycles. The van der Waals surface area contributed by atoms with Gasteiger partial charge < -0.3 is 21.3 Å². The Morgan fingerprint density at radius 3 is 2.69 bits per heavy atom. The predicted octanol–water partition coefficient (Wildman–Crippen LogP) is 3.67. The van der Waals surface area contributed by atoms with Crippen LogP contribution in [0.3, 0.4) is 0 Å². The second kappa shape index (κ2) is 13.2. The van der Waals surface area contributed by atoms with Gasteiger partial charge in [-0.1, -0.05) is 19.9 Å². The first kappa shape index (κ1) is 26.7. The van der Waals surface area contributed by atoms with Gasteiger partial charge in [-0.3, -0.25) is 4.79 Å². The minimum absolute atomic E-state index is 0. The predicted molar refractivity (Wildman–Crippen MR) is 142 cm³/mol. The molecule has 1 aliphatic heterocycles. The zero-order valence-corrected chi connectivity index (χ0v) is 22.2. The fraction of sp³-hybridized carbons (Fsp3) is 0.708. The topological polar surface area (TPSA) is 95.6 Å². The molecule has 0 spiro atoms. The molecule has 32 heavy (non-hydrogen) atoms. The number of carbonyl (C=O) groups is 1. The van der Waals surface area contributed by atoms with Crippen molar-refractivity contribution in [3.05, 3.63) is 23.9 Å². The summed E-state index contributed by atoms with van der Waals surface area (Å²) in [4.78, 5) is 23.4. The van der Waals surface area contributed by atoms with Crippen LogP contribution in [0, 0.1) is 17.8 Å². The zero-order chi connectivity index (χ0) is 22.2. The Balaban J connectivity index is 0.00000363. The van der Waals surface area contributed by atoms with E-state index in [2.05, 4.69) is 47.4 Å². The third-order valence-electron chi connectivity index (χ3n) is 6.80. The molecule has 1 amide bonds. The molecular weight excluding hydrogens is 515 g/mol. The molecule has 3 rings (SSSR count). The first-order valence-corrected chi connectivity index (χ1v) is 12.0. The van der Waals surface area contributed by atoms with Gasteiger partial charge in [0.15, 0.2) is 5.96 Å². The number of halogens is 1. The van der Waals surface area contributed by atoms with Crippen LogP contribution in [0.5, 0.6) is 0 Å². The Hall–Kier alpha value is -1.58. The summed E-state index contributed by atoms with van der Waals surface area (Å²) < 4.78 is 0. The Labute approximate surface area is 210 Å². The standard InChI is InChI=1S/C24H40N6O.HI/c1-4-26-24(29-21-11-9-18(10-12-21)17(2)3)28-15-19-7-5-13-27-23(19)30-14-6-8-20(16-30)22(25)31;/h5,7,13,17-18,20-21H,4,6,8-12,14-16H2,1-3H3,(H2,25,31)(H2,26,28,29);1H. The Morgan fingerprint density at radius 2 is 2.03 bits per heavy atom. The average molecular weight is 557 g/mol. The van der Waals surface area contributed by atoms with Crippen molar-refractivity contribution < 1.29 is 4.79 Å². The van der Waals surface area contributed by atoms with E-state index in [1.165, 1.54) is 25.7 Å². The van der Waals surface area contributed by atoms with Gasteiger partial charge in [0.25, 0.3) is 0 Å². The highest BCUT2D eigenvalue weighted by molar-refractivity contribution is 14.0. The van der Waals surface area contributed by atoms with Crippen LogP contribution >= 0.6 is 24.0 Å². The number of amides is 1. The largest absolute Gasteiger partial charge is 0.369 e. The minimum atomic E-state index is -0.217. The van der Waals surface area contributed by atoms with E-state index in [4.69, 9.17) is 10.7 Å². The molecule has 0 radical (unpaired) electrons. The first-order chi connectivity index (χ1) is 15.0. The van der Waals surface area contributed by atoms with E-state index in [9.17, 15) is 4.79 Å². The van der Waals surface area contributed by atoms with Gasteiger partial charge in [0, 0.05) is 37.4 Å². The molecule has 1 atom stereocenters. The normalized spacial score (nSPS) is 24.1. The van der Waals surface area contributed by atoms with Crippen molar-refractivity contribution in [2.75, 3.05) is 24.5 Å². The van der Waals surface area contributed by atoms with E-state index in [-0.39, 0.29) is 35.8 Å². The van der Waals surface area contributed by atoms with Crippen LogP contribution in [-0.2, 0) is 11.3 Å². The number of anilines is 1. The van der Waals surface area contributed by atoms with Crippen molar-refractivity contribution in [2.24, 2.45) is 28.5 Å². The summed E-state index contributed by atoms with van der Waals surface area (Å²) in [6, 6.07) is 4.52. The highest BCUT2D eigenvalue weighted by atomic mass is 127. The molecule has 2 aliphatic rings. The van der Waals surface area contributed by atoms with Crippen molar-refractivity contribution in [3.8, 4) is 0 Å². The smallest absolute Gasteiger partial charge is 0.222 e. The molecule has 1 aliphatic carbocycles. The lowest BCUT2D eigenvalue weighted by Crippen LogP contribution is -2.45. The van der Waals surface area contributed by atoms with Gasteiger partial charge in [-0.05, 0) is 63.4 Å². The highest BCUT2D eigenvalue weighted by Crippen LogP contribution is 2.30. The van der Waals surface area contributed by atoms with Crippen molar-refractivity contribution in [3.63, 3.8) is 0 Å². The molecule has 4 N–H and O–H groups in total. The lowest BCUT2D eigenvalue weighted by Gasteiger charge is -2.33. The number of hydrogen-bond acceptors (Lipinski definition) is 4. The molecule has 0 bridgehead atoms. The minimum Gasteiger partial charge on any atom is -0.369 e. The number of nitrogens with one attached hydrogen (secondary N) is 2. The third kappa shape index (κ3) is 7.49. The molecule has 1 saturated carbocycles. The van der Waals surface area contributed by atoms with Gasteiger partial charge in [0.1, 0.15) is 5.82 Å². The zero-order valence-electron chi connectivity index (χ0n) is 19.8. The second-order valence-corrected chi connectivity index (χ2v) is 9.37. The number of pyridine rings is 1. The number of hydrogen-bond donors (Lipinski definition) is 3. The van der Waals surface area contributed by atoms with E-state index in [0.29, 0.717) is 19.1 Å². The van der Waals surface area contributed by atoms with Crippen LogP contribution in [0.2, 0.25) is 0 Å². The number of piperidine rings is 1. The van der Waals surface area contributed by atoms with Gasteiger partial charge in [0.05, 0.1) is 12.5 Å². The summed E-state index contributed by atoms with van der Waals surface area (Å²) in [5.41, 5.74) is 6.64. The van der Waals surface area contributed by atoms with Gasteiger partial charge in [0.2, 0.25) is 5.91 Å². The van der Waals surface area contributed by atoms with Gasteiger partial charge in [-0.15, -0.1) is 24.0 Å². The van der Waals surface area contributed by atoms with Crippen molar-refractivity contribution in [1.29, 1.82) is 0 Å². The van der Waals surface area contributed by atoms with Crippen LogP contribution in [0.4, 0.5) is 5.82 Å². The Morgan fingerprint density at radius 1 is 1.28 bits per heavy atom. The molecule has 0 aromatic carbocycles. The molecule has 2 fully saturated rings. The average Bonchev–Trinajstić information content (AvgIpc) is 2.78. The summed E-state index contributed by atoms with van der Waals surface area (Å²) in [7, 11) is 0. The maximum atomic E-state index is 11.7. The molecule has 1 unspecified atom stereocenters. The Kier molecular flexibility index (Phi) is 11.0. The summed E-state index contributed by atoms with van der Waals surface area (Å²) in [6.07, 6.45) is 8.61. The van der Waals surface area contributed by atoms with Gasteiger partial charge in [-0.2, -0.15) is 0 Å². The number of carbonyl (C=O) groups excluding carboxylic acids is 1. The van der Waals surface area contributed by atoms with Gasteiger partial charge in [-0.25, -0.2) is 9.98 Å². The van der Waals surface area contributed by atoms with E-state index in [1.807, 2.05) is 12.3 Å². The van der Waals surface area contributed by atoms with Crippen LogP contribution in [0.1, 0.15) is 64.9 Å². The summed E-state index contributed by atoms with van der Waals surface area (Å²) in [5, 5.41) is 7.05. The monoisotopic (exact) mass is 556 g/mol. The van der Waals surface area contributed by atoms with Crippen LogP contribution < -0.4 is 21.3 Å². The molecule has 180 valence electrons. The Bertz CT molecular complexity index is 748. The molecule has 2 heterocycles. The van der Waals surface area contributed by atoms with E-state index < -0.39 is 0 Å². The molecule has 7 nitrogen and oxygen atoms in total. The summed E-state index contributed by atoms with van der Waals surface area (Å²) in [5.74, 6) is 3.10. The summed E-state index contributed by atoms with van der Waals surface area (Å²) in [6.45, 7) is 9.69. The van der Waals surface area contributed by atoms with Crippen molar-refractivity contribution >= 4 is 41.7 Å². The summed E-state index contributed by atoms with van der Waals surface area (Å²) >= 11 is 0. The number of nitrogens with zero attached hydrogens (tertiary/aromatic N) is 3. The number of guanidine groups is 1. The molecule has 1 saturated heterocycles. The lowest BCUT2D eigenvalue weighted by molar-refractivity contribution is -0.122. The van der Waals surface area contributed by atoms with Crippen LogP contribution in [0.15, 0.2) is 23.3 Å². The second-order valence-electron chi connectivity index (χ2n) is 9.37. The fourth-order valence-electron chi connectivity index (χ4n) is 4.85. The first-order valence-electron chi connectivity index (χ1n) is 12.0. The highest BCUT2D eigenvalue weighted by Gasteiger charge is 2.26. The van der Waals surface area contributed by atoms with E-state index >= 15 is 0 Å². The lowest BCUT2D eigenvalue weighted by atomic mass is 9.80. The van der Waals surface area contributed by atoms with E-state index in [1.54, 1.807) is 0 Å². The fourth-order valence-corrected chi connectivity index (χ4v) is 4.85. The SMILES string of the molecule is CCNC(=NCc1cccnc1N1CCCC(C(N)=O)C1)NC1CCC(C(C)C)CC1.I. The number of aromatic nitrogens is 1. The van der Waals surface area contributed by atoms with Gasteiger partial charge >= 0.3 is 0 Å². The number of rotatable bonds is 7. The van der Waals surface area contributed by atoms with Crippen molar-refractivity contribution in [2.45, 2.75) is 71.9 Å². The molecule has 8 heteroatoms. The van der Waals surface area contributed by atoms with E-state index in [0.717, 1.165) is 55.1 Å². The third-order valence-corrected chi connectivity index (χ3v) is 6.80. The number of nitrogens with two attached hydrogens (primary N) is 1. The maximum absolute atomic E-state index is 11.7. The molecule has 1 aromatic rings. The molecular formula is C24H41IN6O. The number of aliphatic imine (C=N–C) groups is 1. The van der Waals surface area contributed by atoms with Crippen LogP contribution in [0.25, 0.3) is 0 Å². The quantitative estimate of drug-likeness (QED) is 0.271. The maximum Gasteiger partial charge on any atom is 0.222 e. The van der Waals surface area contributed by atoms with Crippen molar-refractivity contribution in [1.82, 2.24) is 15.6 Å². The number of primary amides is 1.